The number of hydrogen-bond donors (Lipinski definition) is 2. The fourth-order valence-corrected chi connectivity index (χ4v) is 0.852. The fraction of sp³-hybridized carbons (Fsp3) is 0.0909. The number of aliphatic hydroxyl groups excluding tert-OH is 1. The minimum absolute atomic E-state index is 0.525. The molecule has 0 saturated carbocycles. The summed E-state index contributed by atoms with van der Waals surface area (Å²) in [5.41, 5.74) is 0.525. The molecule has 2 N–H and O–H groups in total. The summed E-state index contributed by atoms with van der Waals surface area (Å²) in [5, 5.41) is 17.2. The van der Waals surface area contributed by atoms with Crippen molar-refractivity contribution in [2.75, 3.05) is 0 Å². The van der Waals surface area contributed by atoms with Crippen molar-refractivity contribution in [1.29, 1.82) is 0 Å². The van der Waals surface area contributed by atoms with Gasteiger partial charge < -0.3 is 14.6 Å². The molecule has 0 aliphatic heterocycles. The Morgan fingerprint density at radius 1 is 0.857 bits per heavy atom. The molecule has 0 spiro atoms. The van der Waals surface area contributed by atoms with Gasteiger partial charge in [-0.2, -0.15) is 0 Å². The maximum Gasteiger partial charge on any atom is 0.178 e. The van der Waals surface area contributed by atoms with Gasteiger partial charge in [-0.05, 0) is 12.1 Å². The number of benzene rings is 1. The first kappa shape index (κ1) is 10.5. The molecule has 0 atom stereocenters. The topological polar surface area (TPSA) is 53.6 Å². The number of aliphatic hydroxyl groups is 2. The first-order chi connectivity index (χ1) is 6.80. The predicted octanol–water partition coefficient (Wildman–Crippen LogP) is 1.95. The van der Waals surface area contributed by atoms with Crippen molar-refractivity contribution < 1.29 is 14.6 Å². The molecule has 3 nitrogen and oxygen atoms in total. The van der Waals surface area contributed by atoms with Crippen LogP contribution in [0.5, 0.6) is 0 Å². The van der Waals surface area contributed by atoms with E-state index >= 15 is 0 Å². The molecular formula is C11H12O3. The third kappa shape index (κ3) is 3.89. The van der Waals surface area contributed by atoms with Crippen molar-refractivity contribution in [1.82, 2.24) is 0 Å². The summed E-state index contributed by atoms with van der Waals surface area (Å²) in [6, 6.07) is 12.3. The van der Waals surface area contributed by atoms with Gasteiger partial charge in [-0.3, -0.25) is 0 Å². The summed E-state index contributed by atoms with van der Waals surface area (Å²) >= 11 is 0. The molecule has 3 heteroatoms. The second-order valence-electron chi connectivity index (χ2n) is 2.58. The predicted molar refractivity (Wildman–Crippen MR) is 52.3 cm³/mol. The Kier molecular flexibility index (Phi) is 4.47. The van der Waals surface area contributed by atoms with Gasteiger partial charge in [0.15, 0.2) is 6.29 Å². The largest absolute Gasteiger partial charge is 0.473 e. The highest BCUT2D eigenvalue weighted by molar-refractivity contribution is 5.15. The van der Waals surface area contributed by atoms with Gasteiger partial charge in [0.1, 0.15) is 0 Å². The van der Waals surface area contributed by atoms with Crippen LogP contribution < -0.4 is 0 Å². The molecule has 0 saturated heterocycles. The molecule has 0 radical (unpaired) electrons. The van der Waals surface area contributed by atoms with E-state index in [9.17, 15) is 0 Å². The van der Waals surface area contributed by atoms with Crippen molar-refractivity contribution in [2.45, 2.75) is 6.29 Å². The second kappa shape index (κ2) is 5.96. The molecule has 1 aromatic carbocycles. The average molecular weight is 192 g/mol. The minimum atomic E-state index is -1.34. The maximum absolute atomic E-state index is 8.58. The van der Waals surface area contributed by atoms with Crippen molar-refractivity contribution >= 4 is 0 Å². The molecule has 0 bridgehead atoms. The fourth-order valence-electron chi connectivity index (χ4n) is 0.852. The van der Waals surface area contributed by atoms with Crippen molar-refractivity contribution in [3.63, 3.8) is 0 Å². The third-order valence-electron chi connectivity index (χ3n) is 1.52. The normalized spacial score (nSPS) is 9.36. The third-order valence-corrected chi connectivity index (χ3v) is 1.52. The first-order valence-electron chi connectivity index (χ1n) is 4.19. The van der Waals surface area contributed by atoms with Crippen LogP contribution in [0.2, 0.25) is 0 Å². The van der Waals surface area contributed by atoms with Crippen LogP contribution in [0.25, 0.3) is 0 Å². The Morgan fingerprint density at radius 3 is 1.71 bits per heavy atom. The highest BCUT2D eigenvalue weighted by Gasteiger charge is 1.97. The zero-order valence-corrected chi connectivity index (χ0v) is 7.58. The lowest BCUT2D eigenvalue weighted by Crippen LogP contribution is -1.92. The molecule has 0 unspecified atom stereocenters. The Balaban J connectivity index is 0.000000165. The van der Waals surface area contributed by atoms with E-state index in [0.29, 0.717) is 5.56 Å². The van der Waals surface area contributed by atoms with E-state index in [1.807, 2.05) is 18.2 Å². The van der Waals surface area contributed by atoms with Crippen LogP contribution in [-0.4, -0.2) is 10.2 Å². The molecular weight excluding hydrogens is 180 g/mol. The second-order valence-corrected chi connectivity index (χ2v) is 2.58. The van der Waals surface area contributed by atoms with Crippen LogP contribution in [0.15, 0.2) is 59.4 Å². The average Bonchev–Trinajstić information content (AvgIpc) is 2.77. The number of furan rings is 1. The summed E-state index contributed by atoms with van der Waals surface area (Å²) in [5.74, 6) is 0. The summed E-state index contributed by atoms with van der Waals surface area (Å²) in [6.45, 7) is 0. The van der Waals surface area contributed by atoms with E-state index < -0.39 is 6.29 Å². The van der Waals surface area contributed by atoms with E-state index in [2.05, 4.69) is 4.42 Å². The maximum atomic E-state index is 8.58. The van der Waals surface area contributed by atoms with Gasteiger partial charge in [-0.1, -0.05) is 30.3 Å². The monoisotopic (exact) mass is 192 g/mol. The summed E-state index contributed by atoms with van der Waals surface area (Å²) < 4.78 is 4.58. The van der Waals surface area contributed by atoms with Crippen LogP contribution in [0.1, 0.15) is 11.9 Å². The van der Waals surface area contributed by atoms with Gasteiger partial charge in [0.2, 0.25) is 0 Å². The van der Waals surface area contributed by atoms with Gasteiger partial charge in [-0.15, -0.1) is 0 Å². The Morgan fingerprint density at radius 2 is 1.43 bits per heavy atom. The molecule has 2 rings (SSSR count). The lowest BCUT2D eigenvalue weighted by Gasteiger charge is -1.99. The SMILES string of the molecule is OC(O)c1ccccc1.c1ccoc1. The lowest BCUT2D eigenvalue weighted by molar-refractivity contribution is -0.0424. The molecule has 1 aromatic heterocycles. The molecule has 0 aliphatic rings. The Labute approximate surface area is 82.2 Å². The van der Waals surface area contributed by atoms with E-state index in [0.717, 1.165) is 0 Å². The van der Waals surface area contributed by atoms with Gasteiger partial charge in [0, 0.05) is 5.56 Å². The molecule has 1 heterocycles. The highest BCUT2D eigenvalue weighted by Crippen LogP contribution is 2.06. The molecule has 14 heavy (non-hydrogen) atoms. The van der Waals surface area contributed by atoms with E-state index in [4.69, 9.17) is 10.2 Å². The van der Waals surface area contributed by atoms with Crippen LogP contribution in [0.4, 0.5) is 0 Å². The van der Waals surface area contributed by atoms with Crippen LogP contribution in [0, 0.1) is 0 Å². The van der Waals surface area contributed by atoms with Gasteiger partial charge >= 0.3 is 0 Å². The number of rotatable bonds is 1. The van der Waals surface area contributed by atoms with Crippen LogP contribution in [-0.2, 0) is 0 Å². The van der Waals surface area contributed by atoms with E-state index in [-0.39, 0.29) is 0 Å². The Bertz CT molecular complexity index is 296. The smallest absolute Gasteiger partial charge is 0.178 e. The molecule has 2 aromatic rings. The van der Waals surface area contributed by atoms with E-state index in [1.165, 1.54) is 0 Å². The number of hydrogen-bond acceptors (Lipinski definition) is 3. The van der Waals surface area contributed by atoms with Crippen LogP contribution in [0.3, 0.4) is 0 Å². The van der Waals surface area contributed by atoms with Crippen molar-refractivity contribution in [2.24, 2.45) is 0 Å². The van der Waals surface area contributed by atoms with Gasteiger partial charge in [0.05, 0.1) is 12.5 Å². The quantitative estimate of drug-likeness (QED) is 0.679. The zero-order valence-electron chi connectivity index (χ0n) is 7.58. The zero-order chi connectivity index (χ0) is 10.2. The van der Waals surface area contributed by atoms with Crippen LogP contribution >= 0.6 is 0 Å². The molecule has 0 aliphatic carbocycles. The Hall–Kier alpha value is -1.58. The van der Waals surface area contributed by atoms with Crippen molar-refractivity contribution in [3.05, 3.63) is 60.6 Å². The van der Waals surface area contributed by atoms with E-state index in [1.54, 1.807) is 36.8 Å². The lowest BCUT2D eigenvalue weighted by atomic mass is 10.2. The molecule has 0 amide bonds. The summed E-state index contributed by atoms with van der Waals surface area (Å²) in [4.78, 5) is 0. The highest BCUT2D eigenvalue weighted by atomic mass is 16.5. The van der Waals surface area contributed by atoms with Gasteiger partial charge in [-0.25, -0.2) is 0 Å². The van der Waals surface area contributed by atoms with Crippen molar-refractivity contribution in [3.8, 4) is 0 Å². The minimum Gasteiger partial charge on any atom is -0.473 e. The standard InChI is InChI=1S/C7H8O2.C4H4O/c8-7(9)6-4-2-1-3-5-6;1-2-4-5-3-1/h1-5,7-9H;1-4H. The summed E-state index contributed by atoms with van der Waals surface area (Å²) in [6.07, 6.45) is 1.91. The van der Waals surface area contributed by atoms with Gasteiger partial charge in [0.25, 0.3) is 0 Å². The molecule has 0 fully saturated rings. The molecule has 74 valence electrons. The first-order valence-corrected chi connectivity index (χ1v) is 4.19. The summed E-state index contributed by atoms with van der Waals surface area (Å²) in [7, 11) is 0.